The quantitative estimate of drug-likeness (QED) is 0.363. The Bertz CT molecular complexity index is 1030. The third-order valence-electron chi connectivity index (χ3n) is 4.12. The van der Waals surface area contributed by atoms with E-state index in [0.29, 0.717) is 5.69 Å². The number of aromatic nitrogens is 2. The maximum absolute atomic E-state index is 12.2. The van der Waals surface area contributed by atoms with E-state index in [1.807, 2.05) is 30.3 Å². The molecule has 29 heavy (non-hydrogen) atoms. The van der Waals surface area contributed by atoms with Crippen LogP contribution in [-0.4, -0.2) is 34.5 Å². The summed E-state index contributed by atoms with van der Waals surface area (Å²) in [6, 6.07) is 15.7. The van der Waals surface area contributed by atoms with Crippen LogP contribution in [0.3, 0.4) is 0 Å². The number of carbonyl (C=O) groups is 1. The number of hydrogen-bond acceptors (Lipinski definition) is 8. The van der Waals surface area contributed by atoms with Crippen LogP contribution >= 0.6 is 0 Å². The molecule has 1 heterocycles. The average Bonchev–Trinajstić information content (AvgIpc) is 2.74. The van der Waals surface area contributed by atoms with E-state index >= 15 is 0 Å². The van der Waals surface area contributed by atoms with E-state index in [2.05, 4.69) is 15.3 Å². The number of nitro groups is 1. The molecule has 3 rings (SSSR count). The second kappa shape index (κ2) is 8.79. The van der Waals surface area contributed by atoms with Crippen LogP contribution in [0.15, 0.2) is 60.9 Å². The smallest absolute Gasteiger partial charge is 0.354 e. The fraction of sp³-hybridized carbons (Fsp3) is 0.150. The molecule has 1 aromatic heterocycles. The van der Waals surface area contributed by atoms with Gasteiger partial charge in [-0.1, -0.05) is 30.3 Å². The molecule has 0 saturated carbocycles. The number of ether oxygens (including phenoxy) is 1. The second-order valence-corrected chi connectivity index (χ2v) is 5.94. The first-order valence-corrected chi connectivity index (χ1v) is 8.84. The molecule has 3 aromatic rings. The zero-order valence-corrected chi connectivity index (χ0v) is 15.9. The SMILES string of the molecule is CCOC(=O)c1ccccc1Nc1ncnc(N(C)c2ccccc2)c1[N+](=O)[O-]. The average molecular weight is 393 g/mol. The molecule has 148 valence electrons. The molecule has 0 spiro atoms. The van der Waals surface area contributed by atoms with Gasteiger partial charge in [-0.25, -0.2) is 14.8 Å². The van der Waals surface area contributed by atoms with Gasteiger partial charge in [0.25, 0.3) is 0 Å². The van der Waals surface area contributed by atoms with E-state index in [1.165, 1.54) is 6.33 Å². The van der Waals surface area contributed by atoms with E-state index in [9.17, 15) is 14.9 Å². The van der Waals surface area contributed by atoms with E-state index in [1.54, 1.807) is 43.1 Å². The summed E-state index contributed by atoms with van der Waals surface area (Å²) < 4.78 is 5.05. The molecule has 9 heteroatoms. The molecule has 0 aliphatic heterocycles. The largest absolute Gasteiger partial charge is 0.462 e. The lowest BCUT2D eigenvalue weighted by molar-refractivity contribution is -0.383. The molecular formula is C20H19N5O4. The summed E-state index contributed by atoms with van der Waals surface area (Å²) in [4.78, 5) is 33.2. The number of nitrogens with zero attached hydrogens (tertiary/aromatic N) is 4. The summed E-state index contributed by atoms with van der Waals surface area (Å²) in [5, 5.41) is 14.7. The standard InChI is InChI=1S/C20H19N5O4/c1-3-29-20(26)15-11-7-8-12-16(15)23-18-17(25(27)28)19(22-13-21-18)24(2)14-9-5-4-6-10-14/h4-13H,3H2,1-2H3,(H,21,22,23). The summed E-state index contributed by atoms with van der Waals surface area (Å²) in [6.45, 7) is 1.92. The highest BCUT2D eigenvalue weighted by molar-refractivity contribution is 5.97. The molecule has 0 aliphatic rings. The van der Waals surface area contributed by atoms with Crippen molar-refractivity contribution >= 4 is 34.7 Å². The van der Waals surface area contributed by atoms with Crippen LogP contribution in [0.2, 0.25) is 0 Å². The second-order valence-electron chi connectivity index (χ2n) is 5.94. The minimum Gasteiger partial charge on any atom is -0.462 e. The lowest BCUT2D eigenvalue weighted by Gasteiger charge is -2.19. The van der Waals surface area contributed by atoms with E-state index < -0.39 is 10.9 Å². The van der Waals surface area contributed by atoms with Crippen molar-refractivity contribution in [2.24, 2.45) is 0 Å². The summed E-state index contributed by atoms with van der Waals surface area (Å²) in [5.74, 6) is -0.444. The minimum atomic E-state index is -0.552. The number of carbonyl (C=O) groups excluding carboxylic acids is 1. The lowest BCUT2D eigenvalue weighted by Crippen LogP contribution is -2.15. The lowest BCUT2D eigenvalue weighted by atomic mass is 10.1. The third kappa shape index (κ3) is 4.29. The Morgan fingerprint density at radius 1 is 1.14 bits per heavy atom. The number of rotatable bonds is 7. The first-order valence-electron chi connectivity index (χ1n) is 8.84. The zero-order chi connectivity index (χ0) is 20.8. The van der Waals surface area contributed by atoms with Gasteiger partial charge >= 0.3 is 11.7 Å². The third-order valence-corrected chi connectivity index (χ3v) is 4.12. The summed E-state index contributed by atoms with van der Waals surface area (Å²) in [5.41, 5.74) is 1.02. The molecule has 0 aliphatic carbocycles. The van der Waals surface area contributed by atoms with Crippen molar-refractivity contribution in [3.05, 3.63) is 76.6 Å². The Morgan fingerprint density at radius 3 is 2.52 bits per heavy atom. The predicted octanol–water partition coefficient (Wildman–Crippen LogP) is 4.07. The van der Waals surface area contributed by atoms with Crippen LogP contribution < -0.4 is 10.2 Å². The maximum Gasteiger partial charge on any atom is 0.354 e. The van der Waals surface area contributed by atoms with Gasteiger partial charge in [0.15, 0.2) is 0 Å². The Kier molecular flexibility index (Phi) is 5.98. The molecule has 0 radical (unpaired) electrons. The van der Waals surface area contributed by atoms with E-state index in [0.717, 1.165) is 5.69 Å². The zero-order valence-electron chi connectivity index (χ0n) is 15.9. The number of para-hydroxylation sites is 2. The Labute approximate surface area is 167 Å². The van der Waals surface area contributed by atoms with Gasteiger partial charge in [0.2, 0.25) is 11.6 Å². The Morgan fingerprint density at radius 2 is 1.83 bits per heavy atom. The van der Waals surface area contributed by atoms with Gasteiger partial charge in [0.05, 0.1) is 22.8 Å². The first kappa shape index (κ1) is 19.7. The maximum atomic E-state index is 12.2. The van der Waals surface area contributed by atoms with Gasteiger partial charge in [-0.2, -0.15) is 0 Å². The highest BCUT2D eigenvalue weighted by atomic mass is 16.6. The van der Waals surface area contributed by atoms with Gasteiger partial charge in [0.1, 0.15) is 6.33 Å². The number of hydrogen-bond donors (Lipinski definition) is 1. The number of nitrogens with one attached hydrogen (secondary N) is 1. The van der Waals surface area contributed by atoms with E-state index in [-0.39, 0.29) is 29.5 Å². The molecule has 0 atom stereocenters. The summed E-state index contributed by atoms with van der Waals surface area (Å²) in [6.07, 6.45) is 1.23. The van der Waals surface area contributed by atoms with Crippen LogP contribution in [0.4, 0.5) is 28.7 Å². The van der Waals surface area contributed by atoms with Crippen LogP contribution in [-0.2, 0) is 4.74 Å². The molecule has 0 fully saturated rings. The van der Waals surface area contributed by atoms with E-state index in [4.69, 9.17) is 4.74 Å². The topological polar surface area (TPSA) is 110 Å². The van der Waals surface area contributed by atoms with Gasteiger partial charge in [-0.3, -0.25) is 10.1 Å². The molecule has 1 N–H and O–H groups in total. The predicted molar refractivity (Wildman–Crippen MR) is 109 cm³/mol. The number of benzene rings is 2. The highest BCUT2D eigenvalue weighted by Gasteiger charge is 2.27. The first-order chi connectivity index (χ1) is 14.0. The van der Waals surface area contributed by atoms with Crippen molar-refractivity contribution in [2.75, 3.05) is 23.9 Å². The van der Waals surface area contributed by atoms with Gasteiger partial charge in [0, 0.05) is 12.7 Å². The van der Waals surface area contributed by atoms with Crippen molar-refractivity contribution < 1.29 is 14.5 Å². The summed E-state index contributed by atoms with van der Waals surface area (Å²) >= 11 is 0. The number of anilines is 4. The van der Waals surface area contributed by atoms with Gasteiger partial charge in [-0.15, -0.1) is 0 Å². The van der Waals surface area contributed by atoms with Crippen LogP contribution in [0.25, 0.3) is 0 Å². The summed E-state index contributed by atoms with van der Waals surface area (Å²) in [7, 11) is 1.68. The van der Waals surface area contributed by atoms with Crippen molar-refractivity contribution in [1.82, 2.24) is 9.97 Å². The normalized spacial score (nSPS) is 10.3. The van der Waals surface area contributed by atoms with Crippen LogP contribution in [0, 0.1) is 10.1 Å². The van der Waals surface area contributed by atoms with Crippen molar-refractivity contribution in [1.29, 1.82) is 0 Å². The van der Waals surface area contributed by atoms with Gasteiger partial charge in [-0.05, 0) is 31.2 Å². The van der Waals surface area contributed by atoms with Crippen LogP contribution in [0.1, 0.15) is 17.3 Å². The minimum absolute atomic E-state index is 0.0282. The molecule has 0 saturated heterocycles. The van der Waals surface area contributed by atoms with Crippen molar-refractivity contribution in [2.45, 2.75) is 6.92 Å². The highest BCUT2D eigenvalue weighted by Crippen LogP contribution is 2.36. The molecule has 9 nitrogen and oxygen atoms in total. The van der Waals surface area contributed by atoms with Gasteiger partial charge < -0.3 is 15.0 Å². The molecule has 2 aromatic carbocycles. The number of esters is 1. The van der Waals surface area contributed by atoms with Crippen LogP contribution in [0.5, 0.6) is 0 Å². The molecular weight excluding hydrogens is 374 g/mol. The van der Waals surface area contributed by atoms with Crippen molar-refractivity contribution in [3.63, 3.8) is 0 Å². The molecule has 0 bridgehead atoms. The Balaban J connectivity index is 2.04. The monoisotopic (exact) mass is 393 g/mol. The van der Waals surface area contributed by atoms with Crippen molar-refractivity contribution in [3.8, 4) is 0 Å². The molecule has 0 unspecified atom stereocenters. The molecule has 0 amide bonds. The fourth-order valence-corrected chi connectivity index (χ4v) is 2.75. The Hall–Kier alpha value is -4.01. The fourth-order valence-electron chi connectivity index (χ4n) is 2.75.